The van der Waals surface area contributed by atoms with Gasteiger partial charge in [-0.1, -0.05) is 47.0 Å². The number of ketones is 1. The SMILES string of the molecule is CCC(C)CCCCC(=O)NC(CCN)C(=O)NCC(=O)NC(CCN)C(=O)C(C)C.CCO. The number of hydrogen-bond donors (Lipinski definition) is 6. The maximum atomic E-state index is 12.4. The molecule has 0 aliphatic carbocycles. The summed E-state index contributed by atoms with van der Waals surface area (Å²) in [4.78, 5) is 49.0. The van der Waals surface area contributed by atoms with Crippen LogP contribution in [0, 0.1) is 11.8 Å². The van der Waals surface area contributed by atoms with E-state index < -0.39 is 23.9 Å². The fourth-order valence-electron chi connectivity index (χ4n) is 3.08. The molecule has 10 heteroatoms. The zero-order chi connectivity index (χ0) is 26.5. The third-order valence-corrected chi connectivity index (χ3v) is 5.28. The fourth-order valence-corrected chi connectivity index (χ4v) is 3.08. The Hall–Kier alpha value is -2.04. The van der Waals surface area contributed by atoms with E-state index in [1.54, 1.807) is 20.8 Å². The molecule has 3 amide bonds. The van der Waals surface area contributed by atoms with Crippen LogP contribution in [0.2, 0.25) is 0 Å². The van der Waals surface area contributed by atoms with Gasteiger partial charge in [-0.05, 0) is 45.2 Å². The Morgan fingerprint density at radius 3 is 1.85 bits per heavy atom. The summed E-state index contributed by atoms with van der Waals surface area (Å²) in [7, 11) is 0. The first-order valence-corrected chi connectivity index (χ1v) is 12.5. The average molecular weight is 488 g/mol. The standard InChI is InChI=1S/C22H43N5O4.C2H6O/c1-5-16(4)8-6-7-9-19(28)27-18(11-13-24)22(31)25-14-20(29)26-17(10-12-23)21(30)15(2)3;1-2-3/h15-18H,5-14,23-24H2,1-4H3,(H,25,31)(H,26,29)(H,27,28);3H,2H2,1H3. The first kappa shape index (κ1) is 34.1. The summed E-state index contributed by atoms with van der Waals surface area (Å²) in [5, 5.41) is 15.4. The lowest BCUT2D eigenvalue weighted by Crippen LogP contribution is -2.51. The van der Waals surface area contributed by atoms with E-state index in [1.165, 1.54) is 0 Å². The highest BCUT2D eigenvalue weighted by Gasteiger charge is 2.24. The molecule has 0 saturated carbocycles. The Labute approximate surface area is 205 Å². The zero-order valence-corrected chi connectivity index (χ0v) is 21.8. The molecule has 0 aromatic heterocycles. The Balaban J connectivity index is 0. The van der Waals surface area contributed by atoms with Crippen molar-refractivity contribution in [2.24, 2.45) is 23.3 Å². The summed E-state index contributed by atoms with van der Waals surface area (Å²) in [6.07, 6.45) is 4.89. The van der Waals surface area contributed by atoms with Crippen LogP contribution in [0.3, 0.4) is 0 Å². The molecule has 200 valence electrons. The second-order valence-corrected chi connectivity index (χ2v) is 8.75. The zero-order valence-electron chi connectivity index (χ0n) is 21.8. The number of aliphatic hydroxyl groups is 1. The van der Waals surface area contributed by atoms with Crippen molar-refractivity contribution in [3.05, 3.63) is 0 Å². The third-order valence-electron chi connectivity index (χ3n) is 5.28. The van der Waals surface area contributed by atoms with Gasteiger partial charge in [0.2, 0.25) is 17.7 Å². The molecule has 0 aromatic carbocycles. The van der Waals surface area contributed by atoms with E-state index >= 15 is 0 Å². The summed E-state index contributed by atoms with van der Waals surface area (Å²) in [5.41, 5.74) is 11.1. The first-order valence-electron chi connectivity index (χ1n) is 12.5. The lowest BCUT2D eigenvalue weighted by molar-refractivity contribution is -0.131. The Kier molecular flexibility index (Phi) is 21.6. The van der Waals surface area contributed by atoms with Crippen molar-refractivity contribution in [2.45, 2.75) is 91.6 Å². The number of hydrogen-bond acceptors (Lipinski definition) is 7. The minimum Gasteiger partial charge on any atom is -0.397 e. The van der Waals surface area contributed by atoms with Gasteiger partial charge in [-0.25, -0.2) is 0 Å². The van der Waals surface area contributed by atoms with Gasteiger partial charge in [-0.2, -0.15) is 0 Å². The van der Waals surface area contributed by atoms with Crippen LogP contribution in [0.4, 0.5) is 0 Å². The molecule has 0 fully saturated rings. The normalized spacial score (nSPS) is 13.2. The number of carbonyl (C=O) groups is 4. The van der Waals surface area contributed by atoms with Crippen molar-refractivity contribution in [2.75, 3.05) is 26.2 Å². The molecule has 0 aromatic rings. The predicted molar refractivity (Wildman–Crippen MR) is 135 cm³/mol. The molecule has 0 spiro atoms. The third kappa shape index (κ3) is 17.4. The Bertz CT molecular complexity index is 586. The van der Waals surface area contributed by atoms with Gasteiger partial charge >= 0.3 is 0 Å². The quantitative estimate of drug-likeness (QED) is 0.163. The highest BCUT2D eigenvalue weighted by Crippen LogP contribution is 2.12. The number of unbranched alkanes of at least 4 members (excludes halogenated alkanes) is 1. The van der Waals surface area contributed by atoms with Crippen LogP contribution >= 0.6 is 0 Å². The van der Waals surface area contributed by atoms with Gasteiger partial charge in [0.1, 0.15) is 6.04 Å². The van der Waals surface area contributed by atoms with Crippen LogP contribution in [0.5, 0.6) is 0 Å². The molecule has 3 atom stereocenters. The smallest absolute Gasteiger partial charge is 0.243 e. The summed E-state index contributed by atoms with van der Waals surface area (Å²) < 4.78 is 0. The van der Waals surface area contributed by atoms with E-state index in [0.29, 0.717) is 18.8 Å². The van der Waals surface area contributed by atoms with Gasteiger partial charge in [0.15, 0.2) is 5.78 Å². The van der Waals surface area contributed by atoms with E-state index in [-0.39, 0.29) is 50.3 Å². The van der Waals surface area contributed by atoms with Gasteiger partial charge in [0.05, 0.1) is 12.6 Å². The predicted octanol–water partition coefficient (Wildman–Crippen LogP) is 0.600. The minimum atomic E-state index is -0.794. The summed E-state index contributed by atoms with van der Waals surface area (Å²) in [5.74, 6) is -0.853. The molecule has 0 aliphatic rings. The lowest BCUT2D eigenvalue weighted by Gasteiger charge is -2.20. The highest BCUT2D eigenvalue weighted by molar-refractivity contribution is 5.93. The van der Waals surface area contributed by atoms with Crippen LogP contribution in [0.1, 0.15) is 79.6 Å². The molecule has 0 radical (unpaired) electrons. The monoisotopic (exact) mass is 487 g/mol. The first-order chi connectivity index (χ1) is 16.1. The Morgan fingerprint density at radius 1 is 0.824 bits per heavy atom. The number of Topliss-reactive ketones (excluding diaryl/α,β-unsaturated/α-hetero) is 1. The fraction of sp³-hybridized carbons (Fsp3) is 0.833. The average Bonchev–Trinajstić information content (AvgIpc) is 2.79. The number of carbonyl (C=O) groups excluding carboxylic acids is 4. The van der Waals surface area contributed by atoms with Crippen molar-refractivity contribution >= 4 is 23.5 Å². The van der Waals surface area contributed by atoms with Crippen LogP contribution in [-0.2, 0) is 19.2 Å². The minimum absolute atomic E-state index is 0.105. The summed E-state index contributed by atoms with van der Waals surface area (Å²) in [6, 6.07) is -1.47. The van der Waals surface area contributed by atoms with Gasteiger partial charge in [-0.15, -0.1) is 0 Å². The number of nitrogens with two attached hydrogens (primary N) is 2. The molecule has 0 saturated heterocycles. The molecule has 0 rings (SSSR count). The van der Waals surface area contributed by atoms with Gasteiger partial charge < -0.3 is 32.5 Å². The van der Waals surface area contributed by atoms with Crippen molar-refractivity contribution in [3.8, 4) is 0 Å². The maximum absolute atomic E-state index is 12.4. The molecule has 0 bridgehead atoms. The summed E-state index contributed by atoms with van der Waals surface area (Å²) >= 11 is 0. The van der Waals surface area contributed by atoms with Gasteiger partial charge in [-0.3, -0.25) is 19.2 Å². The van der Waals surface area contributed by atoms with E-state index in [9.17, 15) is 19.2 Å². The van der Waals surface area contributed by atoms with Crippen LogP contribution in [0.15, 0.2) is 0 Å². The van der Waals surface area contributed by atoms with Crippen molar-refractivity contribution in [1.82, 2.24) is 16.0 Å². The molecule has 10 nitrogen and oxygen atoms in total. The van der Waals surface area contributed by atoms with Crippen LogP contribution in [0.25, 0.3) is 0 Å². The maximum Gasteiger partial charge on any atom is 0.243 e. The largest absolute Gasteiger partial charge is 0.397 e. The molecule has 0 heterocycles. The molecule has 8 N–H and O–H groups in total. The number of amides is 3. The molecule has 34 heavy (non-hydrogen) atoms. The lowest BCUT2D eigenvalue weighted by atomic mass is 9.99. The molecule has 0 aliphatic heterocycles. The van der Waals surface area contributed by atoms with Gasteiger partial charge in [0.25, 0.3) is 0 Å². The molecular weight excluding hydrogens is 438 g/mol. The van der Waals surface area contributed by atoms with Crippen molar-refractivity contribution in [1.29, 1.82) is 0 Å². The van der Waals surface area contributed by atoms with E-state index in [2.05, 4.69) is 29.8 Å². The van der Waals surface area contributed by atoms with Crippen LogP contribution < -0.4 is 27.4 Å². The van der Waals surface area contributed by atoms with E-state index in [1.807, 2.05) is 0 Å². The van der Waals surface area contributed by atoms with Crippen LogP contribution in [-0.4, -0.2) is 66.9 Å². The highest BCUT2D eigenvalue weighted by atomic mass is 16.2. The molecule has 3 unspecified atom stereocenters. The van der Waals surface area contributed by atoms with E-state index in [4.69, 9.17) is 16.6 Å². The number of aliphatic hydroxyl groups excluding tert-OH is 1. The van der Waals surface area contributed by atoms with Crippen molar-refractivity contribution in [3.63, 3.8) is 0 Å². The number of nitrogens with one attached hydrogen (secondary N) is 3. The molecular formula is C24H49N5O5. The summed E-state index contributed by atoms with van der Waals surface area (Å²) in [6.45, 7) is 9.96. The second kappa shape index (κ2) is 21.5. The van der Waals surface area contributed by atoms with E-state index in [0.717, 1.165) is 25.7 Å². The van der Waals surface area contributed by atoms with Crippen molar-refractivity contribution < 1.29 is 24.3 Å². The second-order valence-electron chi connectivity index (χ2n) is 8.75. The van der Waals surface area contributed by atoms with Gasteiger partial charge in [0, 0.05) is 18.9 Å². The Morgan fingerprint density at radius 2 is 1.35 bits per heavy atom. The topological polar surface area (TPSA) is 177 Å². The number of rotatable bonds is 17.